The van der Waals surface area contributed by atoms with Gasteiger partial charge in [0.05, 0.1) is 30.2 Å². The number of aromatic nitrogens is 2. The first-order valence-corrected chi connectivity index (χ1v) is 5.44. The highest BCUT2D eigenvalue weighted by Gasteiger charge is 2.03. The lowest BCUT2D eigenvalue weighted by Gasteiger charge is -2.08. The zero-order valence-electron chi connectivity index (χ0n) is 9.91. The molecule has 4 nitrogen and oxygen atoms in total. The minimum absolute atomic E-state index is 0.658. The summed E-state index contributed by atoms with van der Waals surface area (Å²) in [6, 6.07) is 7.76. The van der Waals surface area contributed by atoms with Crippen LogP contribution in [0, 0.1) is 25.2 Å². The molecule has 4 heteroatoms. The molecule has 0 aliphatic carbocycles. The van der Waals surface area contributed by atoms with E-state index in [9.17, 15) is 0 Å². The first kappa shape index (κ1) is 11.2. The van der Waals surface area contributed by atoms with Crippen molar-refractivity contribution in [3.63, 3.8) is 0 Å². The van der Waals surface area contributed by atoms with E-state index in [2.05, 4.69) is 21.4 Å². The molecule has 2 aromatic rings. The summed E-state index contributed by atoms with van der Waals surface area (Å²) in [5.41, 5.74) is 4.82. The van der Waals surface area contributed by atoms with Crippen molar-refractivity contribution in [2.75, 3.05) is 5.32 Å². The van der Waals surface area contributed by atoms with Crippen molar-refractivity contribution < 1.29 is 0 Å². The molecule has 0 bridgehead atoms. The number of rotatable bonds is 3. The lowest BCUT2D eigenvalue weighted by Crippen LogP contribution is -2.03. The number of nitrogens with zero attached hydrogens (tertiary/aromatic N) is 2. The number of nitrogens with one attached hydrogen (secondary N) is 2. The van der Waals surface area contributed by atoms with Crippen molar-refractivity contribution in [2.45, 2.75) is 20.4 Å². The van der Waals surface area contributed by atoms with Gasteiger partial charge in [0.25, 0.3) is 0 Å². The largest absolute Gasteiger partial charge is 0.379 e. The third-order valence-electron chi connectivity index (χ3n) is 2.75. The summed E-state index contributed by atoms with van der Waals surface area (Å²) in [5, 5.41) is 12.2. The van der Waals surface area contributed by atoms with Crippen LogP contribution >= 0.6 is 0 Å². The summed E-state index contributed by atoms with van der Waals surface area (Å²) in [6.45, 7) is 4.66. The van der Waals surface area contributed by atoms with E-state index >= 15 is 0 Å². The Morgan fingerprint density at radius 1 is 1.41 bits per heavy atom. The number of anilines is 1. The molecule has 17 heavy (non-hydrogen) atoms. The fourth-order valence-electron chi connectivity index (χ4n) is 1.63. The van der Waals surface area contributed by atoms with Crippen molar-refractivity contribution in [3.8, 4) is 6.07 Å². The molecule has 0 aliphatic rings. The maximum Gasteiger partial charge on any atom is 0.0992 e. The number of nitriles is 1. The maximum atomic E-state index is 8.85. The molecule has 0 amide bonds. The van der Waals surface area contributed by atoms with Crippen LogP contribution in [0.3, 0.4) is 0 Å². The fourth-order valence-corrected chi connectivity index (χ4v) is 1.63. The standard InChI is InChI=1S/C13H14N4/c1-9-3-4-11(6-14)5-12(9)15-7-13-10(2)16-8-17-13/h3-5,8,15H,7H2,1-2H3,(H,16,17). The van der Waals surface area contributed by atoms with Gasteiger partial charge in [0.15, 0.2) is 0 Å². The summed E-state index contributed by atoms with van der Waals surface area (Å²) in [5.74, 6) is 0. The van der Waals surface area contributed by atoms with Gasteiger partial charge in [-0.25, -0.2) is 4.98 Å². The van der Waals surface area contributed by atoms with Crippen molar-refractivity contribution in [1.29, 1.82) is 5.26 Å². The quantitative estimate of drug-likeness (QED) is 0.845. The van der Waals surface area contributed by atoms with Crippen LogP contribution in [0.15, 0.2) is 24.5 Å². The molecule has 0 saturated heterocycles. The molecule has 1 heterocycles. The Hall–Kier alpha value is -2.28. The first-order chi connectivity index (χ1) is 8.20. The van der Waals surface area contributed by atoms with E-state index in [1.54, 1.807) is 6.33 Å². The van der Waals surface area contributed by atoms with Crippen molar-refractivity contribution in [3.05, 3.63) is 47.0 Å². The summed E-state index contributed by atoms with van der Waals surface area (Å²) in [6.07, 6.45) is 1.69. The van der Waals surface area contributed by atoms with Crippen molar-refractivity contribution in [2.24, 2.45) is 0 Å². The maximum absolute atomic E-state index is 8.85. The van der Waals surface area contributed by atoms with Gasteiger partial charge in [0.2, 0.25) is 0 Å². The lowest BCUT2D eigenvalue weighted by atomic mass is 10.1. The van der Waals surface area contributed by atoms with Gasteiger partial charge in [0.1, 0.15) is 0 Å². The zero-order chi connectivity index (χ0) is 12.3. The zero-order valence-corrected chi connectivity index (χ0v) is 9.91. The van der Waals surface area contributed by atoms with Gasteiger partial charge in [-0.05, 0) is 31.5 Å². The van der Waals surface area contributed by atoms with Crippen LogP contribution < -0.4 is 5.32 Å². The van der Waals surface area contributed by atoms with Crippen LogP contribution in [0.1, 0.15) is 22.5 Å². The highest BCUT2D eigenvalue weighted by molar-refractivity contribution is 5.55. The molecule has 0 atom stereocenters. The third-order valence-corrected chi connectivity index (χ3v) is 2.75. The number of hydrogen-bond acceptors (Lipinski definition) is 3. The molecule has 86 valence electrons. The molecular formula is C13H14N4. The molecule has 0 spiro atoms. The number of hydrogen-bond donors (Lipinski definition) is 2. The number of aryl methyl sites for hydroxylation is 2. The van der Waals surface area contributed by atoms with Gasteiger partial charge in [-0.3, -0.25) is 0 Å². The normalized spacial score (nSPS) is 9.94. The van der Waals surface area contributed by atoms with Gasteiger partial charge >= 0.3 is 0 Å². The predicted molar refractivity (Wildman–Crippen MR) is 66.5 cm³/mol. The van der Waals surface area contributed by atoms with E-state index in [1.807, 2.05) is 32.0 Å². The van der Waals surface area contributed by atoms with E-state index < -0.39 is 0 Å². The average Bonchev–Trinajstić information content (AvgIpc) is 2.74. The number of H-pyrrole nitrogens is 1. The molecule has 0 aliphatic heterocycles. The van der Waals surface area contributed by atoms with E-state index in [4.69, 9.17) is 5.26 Å². The molecule has 0 fully saturated rings. The Labute approximate surface area is 100 Å². The van der Waals surface area contributed by atoms with Crippen LogP contribution in [0.5, 0.6) is 0 Å². The smallest absolute Gasteiger partial charge is 0.0992 e. The Balaban J connectivity index is 2.14. The minimum atomic E-state index is 0.658. The summed E-state index contributed by atoms with van der Waals surface area (Å²) in [7, 11) is 0. The molecule has 2 N–H and O–H groups in total. The molecular weight excluding hydrogens is 212 g/mol. The number of benzene rings is 1. The van der Waals surface area contributed by atoms with Crippen LogP contribution in [0.25, 0.3) is 0 Å². The van der Waals surface area contributed by atoms with E-state index in [-0.39, 0.29) is 0 Å². The molecule has 2 rings (SSSR count). The Morgan fingerprint density at radius 2 is 2.24 bits per heavy atom. The highest BCUT2D eigenvalue weighted by atomic mass is 14.9. The van der Waals surface area contributed by atoms with Crippen LogP contribution in [0.2, 0.25) is 0 Å². The highest BCUT2D eigenvalue weighted by Crippen LogP contribution is 2.17. The second kappa shape index (κ2) is 4.71. The second-order valence-electron chi connectivity index (χ2n) is 3.97. The third kappa shape index (κ3) is 2.45. The predicted octanol–water partition coefficient (Wildman–Crippen LogP) is 2.51. The van der Waals surface area contributed by atoms with Crippen LogP contribution in [-0.4, -0.2) is 9.97 Å². The first-order valence-electron chi connectivity index (χ1n) is 5.44. The Morgan fingerprint density at radius 3 is 2.88 bits per heavy atom. The monoisotopic (exact) mass is 226 g/mol. The van der Waals surface area contributed by atoms with Gasteiger partial charge < -0.3 is 10.3 Å². The van der Waals surface area contributed by atoms with Gasteiger partial charge in [-0.15, -0.1) is 0 Å². The molecule has 0 saturated carbocycles. The topological polar surface area (TPSA) is 64.5 Å². The number of aromatic amines is 1. The molecule has 0 radical (unpaired) electrons. The van der Waals surface area contributed by atoms with Crippen molar-refractivity contribution >= 4 is 5.69 Å². The van der Waals surface area contributed by atoms with Gasteiger partial charge in [-0.1, -0.05) is 6.07 Å². The fraction of sp³-hybridized carbons (Fsp3) is 0.231. The Kier molecular flexibility index (Phi) is 3.10. The Bertz CT molecular complexity index is 563. The van der Waals surface area contributed by atoms with E-state index in [1.165, 1.54) is 0 Å². The lowest BCUT2D eigenvalue weighted by molar-refractivity contribution is 1.05. The van der Waals surface area contributed by atoms with Crippen LogP contribution in [-0.2, 0) is 6.54 Å². The molecule has 0 unspecified atom stereocenters. The van der Waals surface area contributed by atoms with E-state index in [0.29, 0.717) is 12.1 Å². The minimum Gasteiger partial charge on any atom is -0.379 e. The molecule has 1 aromatic carbocycles. The average molecular weight is 226 g/mol. The number of imidazole rings is 1. The van der Waals surface area contributed by atoms with Crippen LogP contribution in [0.4, 0.5) is 5.69 Å². The van der Waals surface area contributed by atoms with Gasteiger partial charge in [-0.2, -0.15) is 5.26 Å². The molecule has 1 aromatic heterocycles. The summed E-state index contributed by atoms with van der Waals surface area (Å²) < 4.78 is 0. The SMILES string of the molecule is Cc1ccc(C#N)cc1NCc1nc[nH]c1C. The van der Waals surface area contributed by atoms with Crippen molar-refractivity contribution in [1.82, 2.24) is 9.97 Å². The van der Waals surface area contributed by atoms with Gasteiger partial charge in [0, 0.05) is 11.4 Å². The van der Waals surface area contributed by atoms with E-state index in [0.717, 1.165) is 22.6 Å². The summed E-state index contributed by atoms with van der Waals surface area (Å²) in [4.78, 5) is 7.26. The summed E-state index contributed by atoms with van der Waals surface area (Å²) >= 11 is 0. The second-order valence-corrected chi connectivity index (χ2v) is 3.97.